The van der Waals surface area contributed by atoms with Crippen molar-refractivity contribution in [3.8, 4) is 0 Å². The molecule has 1 unspecified atom stereocenters. The molecule has 5 nitrogen and oxygen atoms in total. The number of fused-ring (bicyclic) bond motifs is 1. The molecule has 0 fully saturated rings. The zero-order chi connectivity index (χ0) is 21.0. The van der Waals surface area contributed by atoms with Gasteiger partial charge >= 0.3 is 0 Å². The van der Waals surface area contributed by atoms with E-state index in [1.165, 1.54) is 18.2 Å². The first kappa shape index (κ1) is 21.3. The molecule has 1 aliphatic heterocycles. The fraction of sp³-hybridized carbons (Fsp3) is 0.400. The molecule has 0 bridgehead atoms. The lowest BCUT2D eigenvalue weighted by Gasteiger charge is -2.27. The first-order valence-electron chi connectivity index (χ1n) is 8.98. The van der Waals surface area contributed by atoms with Crippen LogP contribution in [-0.2, 0) is 19.9 Å². The second kappa shape index (κ2) is 7.13. The van der Waals surface area contributed by atoms with Crippen molar-refractivity contribution in [2.75, 3.05) is 5.75 Å². The number of nitrogens with one attached hydrogen (secondary N) is 1. The molecule has 0 aromatic heterocycles. The lowest BCUT2D eigenvalue weighted by molar-refractivity contribution is 0.527. The van der Waals surface area contributed by atoms with Crippen molar-refractivity contribution in [1.82, 2.24) is 4.72 Å². The SMILES string of the molecule is Cc1c(C)c(C)c(S(=O)(=O)NC2CCS(=O)(=O)c3ccc(Cl)cc32)c(C)c1C. The van der Waals surface area contributed by atoms with E-state index >= 15 is 0 Å². The second-order valence-electron chi connectivity index (χ2n) is 7.42. The minimum atomic E-state index is -3.86. The topological polar surface area (TPSA) is 80.3 Å². The van der Waals surface area contributed by atoms with Crippen LogP contribution in [0.15, 0.2) is 28.0 Å². The molecule has 0 saturated carbocycles. The highest BCUT2D eigenvalue weighted by molar-refractivity contribution is 7.91. The van der Waals surface area contributed by atoms with Gasteiger partial charge in [0.05, 0.1) is 15.5 Å². The fourth-order valence-corrected chi connectivity index (χ4v) is 7.48. The van der Waals surface area contributed by atoms with Crippen LogP contribution in [0.3, 0.4) is 0 Å². The van der Waals surface area contributed by atoms with Gasteiger partial charge in [0, 0.05) is 11.1 Å². The molecule has 0 amide bonds. The third-order valence-electron chi connectivity index (χ3n) is 5.85. The van der Waals surface area contributed by atoms with Gasteiger partial charge in [-0.25, -0.2) is 21.6 Å². The van der Waals surface area contributed by atoms with Crippen LogP contribution in [0.4, 0.5) is 0 Å². The van der Waals surface area contributed by atoms with Crippen LogP contribution in [0.1, 0.15) is 45.8 Å². The summed E-state index contributed by atoms with van der Waals surface area (Å²) in [4.78, 5) is 0.408. The molecule has 0 aliphatic carbocycles. The molecule has 3 rings (SSSR count). The number of benzene rings is 2. The molecular formula is C20H24ClNO4S2. The maximum absolute atomic E-state index is 13.3. The summed E-state index contributed by atoms with van der Waals surface area (Å²) in [6, 6.07) is 3.84. The van der Waals surface area contributed by atoms with E-state index in [4.69, 9.17) is 11.6 Å². The zero-order valence-corrected chi connectivity index (χ0v) is 18.9. The maximum Gasteiger partial charge on any atom is 0.241 e. The predicted octanol–water partition coefficient (Wildman–Crippen LogP) is 4.08. The first-order chi connectivity index (χ1) is 12.9. The molecule has 28 heavy (non-hydrogen) atoms. The maximum atomic E-state index is 13.3. The third-order valence-corrected chi connectivity index (χ3v) is 9.65. The van der Waals surface area contributed by atoms with Crippen LogP contribution in [0.2, 0.25) is 5.02 Å². The molecule has 0 saturated heterocycles. The van der Waals surface area contributed by atoms with Gasteiger partial charge in [-0.1, -0.05) is 11.6 Å². The van der Waals surface area contributed by atoms with Crippen LogP contribution in [-0.4, -0.2) is 22.6 Å². The Morgan fingerprint density at radius 2 is 1.50 bits per heavy atom. The van der Waals surface area contributed by atoms with E-state index < -0.39 is 25.9 Å². The smallest absolute Gasteiger partial charge is 0.224 e. The van der Waals surface area contributed by atoms with Gasteiger partial charge < -0.3 is 0 Å². The Labute approximate surface area is 172 Å². The van der Waals surface area contributed by atoms with Gasteiger partial charge in [-0.15, -0.1) is 0 Å². The van der Waals surface area contributed by atoms with Gasteiger partial charge in [-0.3, -0.25) is 0 Å². The predicted molar refractivity (Wildman–Crippen MR) is 111 cm³/mol. The second-order valence-corrected chi connectivity index (χ2v) is 11.6. The van der Waals surface area contributed by atoms with E-state index in [-0.39, 0.29) is 22.0 Å². The number of halogens is 1. The van der Waals surface area contributed by atoms with Gasteiger partial charge in [0.15, 0.2) is 9.84 Å². The van der Waals surface area contributed by atoms with Crippen LogP contribution in [0, 0.1) is 34.6 Å². The Kier molecular flexibility index (Phi) is 5.42. The molecular weight excluding hydrogens is 418 g/mol. The summed E-state index contributed by atoms with van der Waals surface area (Å²) in [5.41, 5.74) is 4.79. The van der Waals surface area contributed by atoms with Crippen LogP contribution in [0.5, 0.6) is 0 Å². The number of hydrogen-bond acceptors (Lipinski definition) is 4. The van der Waals surface area contributed by atoms with Crippen molar-refractivity contribution in [3.05, 3.63) is 56.6 Å². The van der Waals surface area contributed by atoms with Gasteiger partial charge in [-0.2, -0.15) is 0 Å². The summed E-state index contributed by atoms with van der Waals surface area (Å²) in [5, 5.41) is 0.370. The minimum Gasteiger partial charge on any atom is -0.224 e. The molecule has 152 valence electrons. The monoisotopic (exact) mass is 441 g/mol. The number of sulfone groups is 1. The Bertz CT molecular complexity index is 1160. The highest BCUT2D eigenvalue weighted by Crippen LogP contribution is 2.36. The zero-order valence-electron chi connectivity index (χ0n) is 16.6. The largest absolute Gasteiger partial charge is 0.241 e. The fourth-order valence-electron chi connectivity index (χ4n) is 3.85. The Morgan fingerprint density at radius 1 is 0.964 bits per heavy atom. The van der Waals surface area contributed by atoms with Crippen molar-refractivity contribution >= 4 is 31.5 Å². The first-order valence-corrected chi connectivity index (χ1v) is 12.5. The Morgan fingerprint density at radius 3 is 2.07 bits per heavy atom. The van der Waals surface area contributed by atoms with Crippen LogP contribution < -0.4 is 4.72 Å². The average molecular weight is 442 g/mol. The average Bonchev–Trinajstić information content (AvgIpc) is 2.60. The number of sulfonamides is 1. The summed E-state index contributed by atoms with van der Waals surface area (Å²) in [7, 11) is -7.30. The van der Waals surface area contributed by atoms with E-state index in [0.717, 1.165) is 16.7 Å². The highest BCUT2D eigenvalue weighted by Gasteiger charge is 2.34. The number of hydrogen-bond donors (Lipinski definition) is 1. The van der Waals surface area contributed by atoms with Crippen LogP contribution in [0.25, 0.3) is 0 Å². The summed E-state index contributed by atoms with van der Waals surface area (Å²) < 4.78 is 54.1. The van der Waals surface area contributed by atoms with E-state index in [9.17, 15) is 16.8 Å². The minimum absolute atomic E-state index is 0.112. The standard InChI is InChI=1S/C20H24ClNO4S2/c1-11-12(2)14(4)20(15(5)13(11)3)28(25,26)22-18-8-9-27(23,24)19-7-6-16(21)10-17(18)19/h6-7,10,18,22H,8-9H2,1-5H3. The van der Waals surface area contributed by atoms with Crippen molar-refractivity contribution in [1.29, 1.82) is 0 Å². The van der Waals surface area contributed by atoms with E-state index in [2.05, 4.69) is 4.72 Å². The normalized spacial score (nSPS) is 18.7. The Balaban J connectivity index is 2.12. The highest BCUT2D eigenvalue weighted by atomic mass is 35.5. The summed E-state index contributed by atoms with van der Waals surface area (Å²) >= 11 is 6.06. The lowest BCUT2D eigenvalue weighted by atomic mass is 9.95. The van der Waals surface area contributed by atoms with Crippen LogP contribution >= 0.6 is 11.6 Å². The van der Waals surface area contributed by atoms with Gasteiger partial charge in [0.2, 0.25) is 10.0 Å². The van der Waals surface area contributed by atoms with Crippen molar-refractivity contribution in [3.63, 3.8) is 0 Å². The molecule has 1 aliphatic rings. The van der Waals surface area contributed by atoms with E-state index in [1.54, 1.807) is 13.8 Å². The van der Waals surface area contributed by atoms with Gasteiger partial charge in [-0.05, 0) is 92.6 Å². The van der Waals surface area contributed by atoms with E-state index in [1.807, 2.05) is 20.8 Å². The van der Waals surface area contributed by atoms with Crippen molar-refractivity contribution < 1.29 is 16.8 Å². The molecule has 0 spiro atoms. The third kappa shape index (κ3) is 3.49. The summed E-state index contributed by atoms with van der Waals surface area (Å²) in [6.07, 6.45) is 0.164. The van der Waals surface area contributed by atoms with Crippen molar-refractivity contribution in [2.24, 2.45) is 0 Å². The number of rotatable bonds is 3. The molecule has 2 aromatic rings. The Hall–Kier alpha value is -1.41. The molecule has 1 N–H and O–H groups in total. The molecule has 0 radical (unpaired) electrons. The summed E-state index contributed by atoms with van der Waals surface area (Å²) in [6.45, 7) is 9.43. The van der Waals surface area contributed by atoms with Gasteiger partial charge in [0.1, 0.15) is 0 Å². The van der Waals surface area contributed by atoms with Gasteiger partial charge in [0.25, 0.3) is 0 Å². The van der Waals surface area contributed by atoms with E-state index in [0.29, 0.717) is 21.7 Å². The molecule has 8 heteroatoms. The lowest BCUT2D eigenvalue weighted by Crippen LogP contribution is -2.34. The van der Waals surface area contributed by atoms with Crippen molar-refractivity contribution in [2.45, 2.75) is 56.9 Å². The quantitative estimate of drug-likeness (QED) is 0.778. The molecule has 1 heterocycles. The molecule has 2 aromatic carbocycles. The molecule has 1 atom stereocenters. The summed E-state index contributed by atoms with van der Waals surface area (Å²) in [5.74, 6) is -0.112.